The first kappa shape index (κ1) is 26.6. The summed E-state index contributed by atoms with van der Waals surface area (Å²) in [4.78, 5) is 12.6. The average Bonchev–Trinajstić information content (AvgIpc) is 2.76. The van der Waals surface area contributed by atoms with Crippen LogP contribution in [0.15, 0.2) is 53.4 Å². The summed E-state index contributed by atoms with van der Waals surface area (Å²) >= 11 is 0. The predicted octanol–water partition coefficient (Wildman–Crippen LogP) is 3.83. The zero-order chi connectivity index (χ0) is 24.6. The topological polar surface area (TPSA) is 113 Å². The van der Waals surface area contributed by atoms with Crippen LogP contribution in [-0.4, -0.2) is 45.9 Å². The van der Waals surface area contributed by atoms with Gasteiger partial charge in [0.2, 0.25) is 26.0 Å². The summed E-state index contributed by atoms with van der Waals surface area (Å²) in [5, 5.41) is 2.74. The number of benzene rings is 2. The minimum Gasteiger partial charge on any atom is -0.322 e. The monoisotopic (exact) mass is 493 g/mol. The molecule has 0 aromatic heterocycles. The lowest BCUT2D eigenvalue weighted by Crippen LogP contribution is -2.30. The van der Waals surface area contributed by atoms with E-state index in [0.717, 1.165) is 0 Å². The molecule has 0 saturated heterocycles. The standard InChI is InChI=1S/C23H31N3O5S2/c1-5-17-32(28,29)25-22-10-8-9-21(18(22)4)24-23(27)16-13-19-11-14-20(15-12-19)33(30,31)26(6-2)7-3/h8-16,25H,5-7,17H2,1-4H3,(H,24,27)/b16-13+. The molecule has 0 spiro atoms. The first-order valence-electron chi connectivity index (χ1n) is 10.7. The van der Waals surface area contributed by atoms with Crippen molar-refractivity contribution in [1.82, 2.24) is 4.31 Å². The number of sulfonamides is 2. The van der Waals surface area contributed by atoms with E-state index in [1.807, 2.05) is 0 Å². The molecule has 2 aromatic carbocycles. The van der Waals surface area contributed by atoms with Crippen LogP contribution in [0.4, 0.5) is 11.4 Å². The van der Waals surface area contributed by atoms with E-state index in [9.17, 15) is 21.6 Å². The summed E-state index contributed by atoms with van der Waals surface area (Å²) in [6.45, 7) is 7.86. The molecule has 0 radical (unpaired) electrons. The number of anilines is 2. The molecule has 0 heterocycles. The highest BCUT2D eigenvalue weighted by Crippen LogP contribution is 2.24. The smallest absolute Gasteiger partial charge is 0.248 e. The Morgan fingerprint density at radius 1 is 0.939 bits per heavy atom. The molecule has 0 bridgehead atoms. The molecule has 2 aromatic rings. The highest BCUT2D eigenvalue weighted by Gasteiger charge is 2.21. The zero-order valence-corrected chi connectivity index (χ0v) is 21.0. The lowest BCUT2D eigenvalue weighted by atomic mass is 10.1. The van der Waals surface area contributed by atoms with Gasteiger partial charge >= 0.3 is 0 Å². The van der Waals surface area contributed by atoms with E-state index in [0.29, 0.717) is 42.0 Å². The Morgan fingerprint density at radius 3 is 2.12 bits per heavy atom. The molecule has 0 aliphatic rings. The van der Waals surface area contributed by atoms with Crippen LogP contribution in [0.25, 0.3) is 6.08 Å². The number of carbonyl (C=O) groups excluding carboxylic acids is 1. The fourth-order valence-corrected chi connectivity index (χ4v) is 5.83. The van der Waals surface area contributed by atoms with Crippen molar-refractivity contribution in [2.24, 2.45) is 0 Å². The van der Waals surface area contributed by atoms with Crippen LogP contribution in [0.1, 0.15) is 38.3 Å². The maximum absolute atomic E-state index is 12.6. The number of hydrogen-bond donors (Lipinski definition) is 2. The second-order valence-electron chi connectivity index (χ2n) is 7.38. The number of hydrogen-bond acceptors (Lipinski definition) is 5. The van der Waals surface area contributed by atoms with Gasteiger partial charge in [-0.2, -0.15) is 4.31 Å². The Morgan fingerprint density at radius 2 is 1.55 bits per heavy atom. The Bertz CT molecular complexity index is 1200. The maximum atomic E-state index is 12.6. The van der Waals surface area contributed by atoms with Crippen LogP contribution in [-0.2, 0) is 24.8 Å². The Labute approximate surface area is 196 Å². The second kappa shape index (κ2) is 11.4. The van der Waals surface area contributed by atoms with Crippen molar-refractivity contribution in [3.8, 4) is 0 Å². The zero-order valence-electron chi connectivity index (χ0n) is 19.3. The van der Waals surface area contributed by atoms with E-state index < -0.39 is 26.0 Å². The summed E-state index contributed by atoms with van der Waals surface area (Å²) in [5.74, 6) is -0.382. The van der Waals surface area contributed by atoms with Crippen molar-refractivity contribution in [3.05, 3.63) is 59.7 Å². The van der Waals surface area contributed by atoms with Gasteiger partial charge in [-0.15, -0.1) is 0 Å². The number of amides is 1. The molecular formula is C23H31N3O5S2. The maximum Gasteiger partial charge on any atom is 0.248 e. The number of nitrogens with one attached hydrogen (secondary N) is 2. The summed E-state index contributed by atoms with van der Waals surface area (Å²) in [6, 6.07) is 11.3. The predicted molar refractivity (Wildman–Crippen MR) is 133 cm³/mol. The van der Waals surface area contributed by atoms with Crippen LogP contribution in [0.2, 0.25) is 0 Å². The summed E-state index contributed by atoms with van der Waals surface area (Å²) in [6.07, 6.45) is 3.41. The third kappa shape index (κ3) is 7.15. The summed E-state index contributed by atoms with van der Waals surface area (Å²) in [7, 11) is -6.98. The molecule has 0 fully saturated rings. The third-order valence-electron chi connectivity index (χ3n) is 4.98. The minimum absolute atomic E-state index is 0.0147. The van der Waals surface area contributed by atoms with Crippen molar-refractivity contribution >= 4 is 43.4 Å². The fourth-order valence-electron chi connectivity index (χ4n) is 3.18. The minimum atomic E-state index is -3.53. The Balaban J connectivity index is 2.11. The van der Waals surface area contributed by atoms with Gasteiger partial charge in [-0.05, 0) is 54.8 Å². The molecule has 0 unspecified atom stereocenters. The molecule has 0 atom stereocenters. The Kier molecular flexibility index (Phi) is 9.21. The van der Waals surface area contributed by atoms with Crippen LogP contribution in [0, 0.1) is 6.92 Å². The first-order valence-corrected chi connectivity index (χ1v) is 13.8. The van der Waals surface area contributed by atoms with Gasteiger partial charge in [-0.1, -0.05) is 39.0 Å². The van der Waals surface area contributed by atoms with Crippen molar-refractivity contribution < 1.29 is 21.6 Å². The van der Waals surface area contributed by atoms with Gasteiger partial charge in [0, 0.05) is 24.9 Å². The van der Waals surface area contributed by atoms with E-state index in [4.69, 9.17) is 0 Å². The molecule has 0 saturated carbocycles. The van der Waals surface area contributed by atoms with Crippen molar-refractivity contribution in [2.45, 2.75) is 39.0 Å². The van der Waals surface area contributed by atoms with E-state index in [2.05, 4.69) is 10.0 Å². The summed E-state index contributed by atoms with van der Waals surface area (Å²) in [5.41, 5.74) is 2.17. The lowest BCUT2D eigenvalue weighted by molar-refractivity contribution is -0.111. The van der Waals surface area contributed by atoms with Crippen LogP contribution < -0.4 is 10.0 Å². The van der Waals surface area contributed by atoms with Crippen molar-refractivity contribution in [3.63, 3.8) is 0 Å². The normalized spacial score (nSPS) is 12.3. The molecule has 2 N–H and O–H groups in total. The van der Waals surface area contributed by atoms with Gasteiger partial charge in [-0.3, -0.25) is 9.52 Å². The van der Waals surface area contributed by atoms with Gasteiger partial charge in [0.1, 0.15) is 0 Å². The Hall–Kier alpha value is -2.69. The molecule has 180 valence electrons. The molecule has 2 rings (SSSR count). The van der Waals surface area contributed by atoms with E-state index in [-0.39, 0.29) is 10.6 Å². The van der Waals surface area contributed by atoms with E-state index >= 15 is 0 Å². The molecule has 8 nitrogen and oxygen atoms in total. The molecule has 10 heteroatoms. The van der Waals surface area contributed by atoms with Crippen molar-refractivity contribution in [2.75, 3.05) is 28.9 Å². The van der Waals surface area contributed by atoms with Gasteiger partial charge in [0.05, 0.1) is 16.3 Å². The van der Waals surface area contributed by atoms with Gasteiger partial charge in [0.25, 0.3) is 0 Å². The van der Waals surface area contributed by atoms with Crippen LogP contribution in [0.5, 0.6) is 0 Å². The highest BCUT2D eigenvalue weighted by atomic mass is 32.2. The highest BCUT2D eigenvalue weighted by molar-refractivity contribution is 7.92. The first-order chi connectivity index (χ1) is 15.5. The fraction of sp³-hybridized carbons (Fsp3) is 0.348. The second-order valence-corrected chi connectivity index (χ2v) is 11.2. The van der Waals surface area contributed by atoms with Crippen LogP contribution >= 0.6 is 0 Å². The largest absolute Gasteiger partial charge is 0.322 e. The molecule has 1 amide bonds. The van der Waals surface area contributed by atoms with E-state index in [1.54, 1.807) is 64.1 Å². The van der Waals surface area contributed by atoms with Gasteiger partial charge < -0.3 is 5.32 Å². The molecule has 0 aliphatic carbocycles. The SMILES string of the molecule is CCCS(=O)(=O)Nc1cccc(NC(=O)/C=C/c2ccc(S(=O)(=O)N(CC)CC)cc2)c1C. The number of carbonyl (C=O) groups is 1. The molecule has 33 heavy (non-hydrogen) atoms. The lowest BCUT2D eigenvalue weighted by Gasteiger charge is -2.18. The van der Waals surface area contributed by atoms with E-state index in [1.165, 1.54) is 22.5 Å². The molecular weight excluding hydrogens is 462 g/mol. The molecule has 0 aliphatic heterocycles. The average molecular weight is 494 g/mol. The van der Waals surface area contributed by atoms with Crippen molar-refractivity contribution in [1.29, 1.82) is 0 Å². The summed E-state index contributed by atoms with van der Waals surface area (Å²) < 4.78 is 53.1. The van der Waals surface area contributed by atoms with Gasteiger partial charge in [-0.25, -0.2) is 16.8 Å². The number of rotatable bonds is 11. The van der Waals surface area contributed by atoms with Crippen LogP contribution in [0.3, 0.4) is 0 Å². The quantitative estimate of drug-likeness (QED) is 0.462. The number of nitrogens with zero attached hydrogens (tertiary/aromatic N) is 1. The van der Waals surface area contributed by atoms with Gasteiger partial charge in [0.15, 0.2) is 0 Å². The third-order valence-corrected chi connectivity index (χ3v) is 8.52.